The summed E-state index contributed by atoms with van der Waals surface area (Å²) in [5, 5.41) is 3.04. The Morgan fingerprint density at radius 2 is 2.05 bits per heavy atom. The van der Waals surface area contributed by atoms with Crippen LogP contribution in [-0.2, 0) is 6.54 Å². The highest BCUT2D eigenvalue weighted by Crippen LogP contribution is 2.32. The summed E-state index contributed by atoms with van der Waals surface area (Å²) in [4.78, 5) is 2.15. The molecule has 5 heteroatoms. The van der Waals surface area contributed by atoms with Crippen LogP contribution in [0.1, 0.15) is 5.56 Å². The van der Waals surface area contributed by atoms with Crippen LogP contribution >= 0.6 is 23.1 Å². The Bertz CT molecular complexity index is 754. The van der Waals surface area contributed by atoms with Crippen LogP contribution in [0.2, 0.25) is 5.02 Å². The van der Waals surface area contributed by atoms with E-state index in [-0.39, 0.29) is 0 Å². The number of rotatable bonds is 3. The van der Waals surface area contributed by atoms with E-state index >= 15 is 0 Å². The molecule has 3 rings (SSSR count). The van der Waals surface area contributed by atoms with Gasteiger partial charge in [0.2, 0.25) is 0 Å². The summed E-state index contributed by atoms with van der Waals surface area (Å²) < 4.78 is 4.46. The minimum Gasteiger partial charge on any atom is -0.399 e. The molecular weight excluding hydrogens is 290 g/mol. The maximum Gasteiger partial charge on any atom is 0.120 e. The van der Waals surface area contributed by atoms with Crippen molar-refractivity contribution in [2.75, 3.05) is 17.7 Å². The lowest BCUT2D eigenvalue weighted by Gasteiger charge is -2.18. The quantitative estimate of drug-likeness (QED) is 0.738. The number of nitrogen functional groups attached to an aromatic ring is 1. The Labute approximate surface area is 126 Å². The van der Waals surface area contributed by atoms with Crippen LogP contribution in [0.3, 0.4) is 0 Å². The highest BCUT2D eigenvalue weighted by atomic mass is 35.5. The Morgan fingerprint density at radius 1 is 1.25 bits per heavy atom. The lowest BCUT2D eigenvalue weighted by atomic mass is 10.2. The van der Waals surface area contributed by atoms with Gasteiger partial charge in [0.15, 0.2) is 0 Å². The molecule has 3 nitrogen and oxygen atoms in total. The second-order valence-electron chi connectivity index (χ2n) is 4.71. The predicted octanol–water partition coefficient (Wildman–Crippen LogP) is 4.17. The maximum absolute atomic E-state index is 6.23. The molecule has 0 aliphatic carbocycles. The zero-order valence-electron chi connectivity index (χ0n) is 11.0. The smallest absolute Gasteiger partial charge is 0.120 e. The number of halogens is 1. The number of hydrogen-bond donors (Lipinski definition) is 1. The first-order chi connectivity index (χ1) is 9.65. The number of hydrogen-bond acceptors (Lipinski definition) is 4. The van der Waals surface area contributed by atoms with Gasteiger partial charge in [-0.25, -0.2) is 0 Å². The Kier molecular flexibility index (Phi) is 3.51. The van der Waals surface area contributed by atoms with Gasteiger partial charge in [-0.2, -0.15) is 4.37 Å². The molecule has 0 saturated heterocycles. The van der Waals surface area contributed by atoms with Crippen molar-refractivity contribution < 1.29 is 0 Å². The van der Waals surface area contributed by atoms with Gasteiger partial charge in [-0.15, -0.1) is 0 Å². The van der Waals surface area contributed by atoms with E-state index in [1.807, 2.05) is 43.4 Å². The van der Waals surface area contributed by atoms with Crippen LogP contribution in [0.15, 0.2) is 42.5 Å². The van der Waals surface area contributed by atoms with E-state index in [0.717, 1.165) is 26.8 Å². The van der Waals surface area contributed by atoms with Crippen LogP contribution in [0.25, 0.3) is 10.9 Å². The van der Waals surface area contributed by atoms with Crippen LogP contribution < -0.4 is 10.6 Å². The fraction of sp³-hybridized carbons (Fsp3) is 0.133. The number of nitrogens with two attached hydrogens (primary N) is 1. The molecule has 0 aliphatic heterocycles. The Hall–Kier alpha value is -1.78. The summed E-state index contributed by atoms with van der Waals surface area (Å²) in [5.74, 6) is 0. The molecule has 0 aliphatic rings. The minimum atomic E-state index is 0.704. The first-order valence-electron chi connectivity index (χ1n) is 6.24. The van der Waals surface area contributed by atoms with Crippen molar-refractivity contribution in [3.63, 3.8) is 0 Å². The molecule has 1 aromatic heterocycles. The van der Waals surface area contributed by atoms with Crippen molar-refractivity contribution in [1.29, 1.82) is 0 Å². The molecule has 102 valence electrons. The van der Waals surface area contributed by atoms with E-state index in [0.29, 0.717) is 6.54 Å². The molecule has 0 radical (unpaired) electrons. The van der Waals surface area contributed by atoms with Crippen LogP contribution in [0, 0.1) is 0 Å². The van der Waals surface area contributed by atoms with E-state index in [1.54, 1.807) is 0 Å². The summed E-state index contributed by atoms with van der Waals surface area (Å²) in [7, 11) is 2.04. The average molecular weight is 304 g/mol. The molecule has 1 heterocycles. The molecule has 2 N–H and O–H groups in total. The normalized spacial score (nSPS) is 10.9. The third-order valence-corrected chi connectivity index (χ3v) is 4.55. The molecule has 2 aromatic carbocycles. The summed E-state index contributed by atoms with van der Waals surface area (Å²) >= 11 is 7.73. The van der Waals surface area contributed by atoms with E-state index in [2.05, 4.69) is 15.3 Å². The van der Waals surface area contributed by atoms with E-state index in [4.69, 9.17) is 17.3 Å². The molecule has 0 saturated carbocycles. The first kappa shape index (κ1) is 13.2. The van der Waals surface area contributed by atoms with Crippen molar-refractivity contribution >= 4 is 44.7 Å². The Morgan fingerprint density at radius 3 is 2.90 bits per heavy atom. The zero-order chi connectivity index (χ0) is 14.1. The number of anilines is 2. The predicted molar refractivity (Wildman–Crippen MR) is 87.6 cm³/mol. The molecule has 0 spiro atoms. The summed E-state index contributed by atoms with van der Waals surface area (Å²) in [6, 6.07) is 13.7. The monoisotopic (exact) mass is 303 g/mol. The van der Waals surface area contributed by atoms with Crippen LogP contribution in [-0.4, -0.2) is 11.4 Å². The van der Waals surface area contributed by atoms with Gasteiger partial charge < -0.3 is 10.6 Å². The fourth-order valence-corrected chi connectivity index (χ4v) is 3.19. The SMILES string of the molecule is CN(Cc1cc(N)ccc1Cl)c1snc2ccccc12. The lowest BCUT2D eigenvalue weighted by molar-refractivity contribution is 0.939. The van der Waals surface area contributed by atoms with Gasteiger partial charge in [-0.05, 0) is 47.4 Å². The molecule has 0 bridgehead atoms. The number of nitrogens with zero attached hydrogens (tertiary/aromatic N) is 2. The molecule has 0 fully saturated rings. The fourth-order valence-electron chi connectivity index (χ4n) is 2.19. The highest BCUT2D eigenvalue weighted by Gasteiger charge is 2.12. The second-order valence-corrected chi connectivity index (χ2v) is 5.87. The van der Waals surface area contributed by atoms with Gasteiger partial charge in [0, 0.05) is 29.7 Å². The van der Waals surface area contributed by atoms with Crippen molar-refractivity contribution in [1.82, 2.24) is 4.37 Å². The molecular formula is C15H14ClN3S. The van der Waals surface area contributed by atoms with Gasteiger partial charge in [0.1, 0.15) is 5.00 Å². The van der Waals surface area contributed by atoms with Crippen LogP contribution in [0.5, 0.6) is 0 Å². The standard InChI is InChI=1S/C15H14ClN3S/c1-19(9-10-8-11(17)6-7-13(10)16)15-12-4-2-3-5-14(12)18-20-15/h2-8H,9,17H2,1H3. The van der Waals surface area contributed by atoms with Gasteiger partial charge in [-0.1, -0.05) is 23.7 Å². The van der Waals surface area contributed by atoms with Gasteiger partial charge in [0.05, 0.1) is 5.52 Å². The molecule has 0 atom stereocenters. The third-order valence-electron chi connectivity index (χ3n) is 3.19. The molecule has 0 unspecified atom stereocenters. The average Bonchev–Trinajstić information content (AvgIpc) is 2.87. The number of benzene rings is 2. The zero-order valence-corrected chi connectivity index (χ0v) is 12.6. The lowest BCUT2D eigenvalue weighted by Crippen LogP contribution is -2.15. The number of fused-ring (bicyclic) bond motifs is 1. The van der Waals surface area contributed by atoms with Gasteiger partial charge in [-0.3, -0.25) is 0 Å². The third kappa shape index (κ3) is 2.44. The first-order valence-corrected chi connectivity index (χ1v) is 7.40. The van der Waals surface area contributed by atoms with Gasteiger partial charge >= 0.3 is 0 Å². The topological polar surface area (TPSA) is 42.1 Å². The van der Waals surface area contributed by atoms with E-state index in [1.165, 1.54) is 16.9 Å². The van der Waals surface area contributed by atoms with Crippen molar-refractivity contribution in [3.05, 3.63) is 53.1 Å². The Balaban J connectivity index is 1.93. The van der Waals surface area contributed by atoms with Crippen molar-refractivity contribution in [3.8, 4) is 0 Å². The maximum atomic E-state index is 6.23. The van der Waals surface area contributed by atoms with Crippen molar-refractivity contribution in [2.45, 2.75) is 6.54 Å². The van der Waals surface area contributed by atoms with E-state index < -0.39 is 0 Å². The number of aromatic nitrogens is 1. The summed E-state index contributed by atoms with van der Waals surface area (Å²) in [6.07, 6.45) is 0. The summed E-state index contributed by atoms with van der Waals surface area (Å²) in [6.45, 7) is 0.704. The van der Waals surface area contributed by atoms with E-state index in [9.17, 15) is 0 Å². The highest BCUT2D eigenvalue weighted by molar-refractivity contribution is 7.11. The largest absolute Gasteiger partial charge is 0.399 e. The molecule has 3 aromatic rings. The van der Waals surface area contributed by atoms with Gasteiger partial charge in [0.25, 0.3) is 0 Å². The molecule has 0 amide bonds. The van der Waals surface area contributed by atoms with Crippen molar-refractivity contribution in [2.24, 2.45) is 0 Å². The summed E-state index contributed by atoms with van der Waals surface area (Å²) in [5.41, 5.74) is 8.60. The van der Waals surface area contributed by atoms with Crippen LogP contribution in [0.4, 0.5) is 10.7 Å². The minimum absolute atomic E-state index is 0.704. The molecule has 20 heavy (non-hydrogen) atoms. The second kappa shape index (κ2) is 5.31.